The van der Waals surface area contributed by atoms with E-state index < -0.39 is 0 Å². The number of nitrogens with zero attached hydrogens (tertiary/aromatic N) is 4. The molecule has 0 N–H and O–H groups in total. The van der Waals surface area contributed by atoms with Crippen LogP contribution in [0.1, 0.15) is 10.4 Å². The molecule has 6 heteroatoms. The summed E-state index contributed by atoms with van der Waals surface area (Å²) in [6.07, 6.45) is 0.115. The number of benzene rings is 1. The molecule has 0 unspecified atom stereocenters. The van der Waals surface area contributed by atoms with Crippen molar-refractivity contribution in [3.05, 3.63) is 35.9 Å². The van der Waals surface area contributed by atoms with E-state index in [4.69, 9.17) is 4.74 Å². The van der Waals surface area contributed by atoms with Crippen molar-refractivity contribution in [3.63, 3.8) is 0 Å². The lowest BCUT2D eigenvalue weighted by Gasteiger charge is -2.33. The Balaban J connectivity index is 1.70. The second-order valence-electron chi connectivity index (χ2n) is 7.11. The van der Waals surface area contributed by atoms with Crippen molar-refractivity contribution in [3.8, 4) is 0 Å². The molecular formula is C19H24N4O2. The maximum Gasteiger partial charge on any atom is 0.254 e. The van der Waals surface area contributed by atoms with E-state index in [-0.39, 0.29) is 12.0 Å². The van der Waals surface area contributed by atoms with Gasteiger partial charge in [-0.3, -0.25) is 9.69 Å². The van der Waals surface area contributed by atoms with Crippen LogP contribution in [0.2, 0.25) is 0 Å². The average Bonchev–Trinajstić information content (AvgIpc) is 3.06. The van der Waals surface area contributed by atoms with Gasteiger partial charge in [-0.1, -0.05) is 18.2 Å². The zero-order valence-electron chi connectivity index (χ0n) is 15.0. The highest BCUT2D eigenvalue weighted by atomic mass is 16.5. The van der Waals surface area contributed by atoms with Gasteiger partial charge in [0.15, 0.2) is 0 Å². The van der Waals surface area contributed by atoms with Crippen LogP contribution >= 0.6 is 0 Å². The molecule has 0 aliphatic carbocycles. The number of ether oxygens (including phenoxy) is 1. The fourth-order valence-electron chi connectivity index (χ4n) is 3.76. The molecule has 25 heavy (non-hydrogen) atoms. The van der Waals surface area contributed by atoms with E-state index in [0.29, 0.717) is 19.1 Å². The lowest BCUT2D eigenvalue weighted by atomic mass is 10.1. The van der Waals surface area contributed by atoms with Gasteiger partial charge < -0.3 is 14.5 Å². The zero-order chi connectivity index (χ0) is 17.6. The van der Waals surface area contributed by atoms with E-state index >= 15 is 0 Å². The molecule has 0 saturated carbocycles. The predicted octanol–water partition coefficient (Wildman–Crippen LogP) is 1.46. The molecule has 1 aromatic heterocycles. The van der Waals surface area contributed by atoms with Gasteiger partial charge >= 0.3 is 0 Å². The van der Waals surface area contributed by atoms with E-state index in [1.165, 1.54) is 0 Å². The Morgan fingerprint density at radius 1 is 1.28 bits per heavy atom. The van der Waals surface area contributed by atoms with Crippen LogP contribution in [0, 0.1) is 0 Å². The minimum absolute atomic E-state index is 0.0631. The van der Waals surface area contributed by atoms with Crippen molar-refractivity contribution in [1.29, 1.82) is 0 Å². The predicted molar refractivity (Wildman–Crippen MR) is 98.1 cm³/mol. The molecule has 6 nitrogen and oxygen atoms in total. The summed E-state index contributed by atoms with van der Waals surface area (Å²) in [6.45, 7) is 3.03. The third kappa shape index (κ3) is 2.85. The summed E-state index contributed by atoms with van der Waals surface area (Å²) in [6, 6.07) is 10.0. The number of likely N-dealkylation sites (N-methyl/N-ethyl adjacent to an activating group) is 1. The van der Waals surface area contributed by atoms with Gasteiger partial charge in [0.05, 0.1) is 29.8 Å². The molecule has 2 aliphatic heterocycles. The minimum Gasteiger partial charge on any atom is -0.373 e. The number of pyridine rings is 1. The fraction of sp³-hybridized carbons (Fsp3) is 0.474. The highest BCUT2D eigenvalue weighted by Crippen LogP contribution is 2.27. The van der Waals surface area contributed by atoms with Gasteiger partial charge in [-0.25, -0.2) is 4.98 Å². The zero-order valence-corrected chi connectivity index (χ0v) is 15.0. The Morgan fingerprint density at radius 3 is 2.84 bits per heavy atom. The molecule has 2 aromatic rings. The highest BCUT2D eigenvalue weighted by Gasteiger charge is 2.40. The number of carbonyl (C=O) groups excluding carboxylic acids is 1. The summed E-state index contributed by atoms with van der Waals surface area (Å²) in [4.78, 5) is 24.1. The average molecular weight is 340 g/mol. The molecule has 4 rings (SSSR count). The van der Waals surface area contributed by atoms with Crippen LogP contribution in [-0.2, 0) is 4.74 Å². The highest BCUT2D eigenvalue weighted by molar-refractivity contribution is 6.07. The van der Waals surface area contributed by atoms with Crippen molar-refractivity contribution in [2.24, 2.45) is 0 Å². The van der Waals surface area contributed by atoms with E-state index in [0.717, 1.165) is 35.4 Å². The van der Waals surface area contributed by atoms with Crippen LogP contribution in [0.15, 0.2) is 30.3 Å². The third-order valence-electron chi connectivity index (χ3n) is 5.26. The summed E-state index contributed by atoms with van der Waals surface area (Å²) in [5.74, 6) is 0.861. The van der Waals surface area contributed by atoms with Gasteiger partial charge in [-0.2, -0.15) is 0 Å². The molecule has 1 aromatic carbocycles. The molecular weight excluding hydrogens is 316 g/mol. The summed E-state index contributed by atoms with van der Waals surface area (Å²) in [5, 5.41) is 0.905. The monoisotopic (exact) mass is 340 g/mol. The Labute approximate surface area is 148 Å². The van der Waals surface area contributed by atoms with E-state index in [1.807, 2.05) is 54.2 Å². The van der Waals surface area contributed by atoms with Gasteiger partial charge in [-0.15, -0.1) is 0 Å². The number of carbonyl (C=O) groups is 1. The first-order chi connectivity index (χ1) is 12.0. The van der Waals surface area contributed by atoms with Crippen molar-refractivity contribution < 1.29 is 9.53 Å². The van der Waals surface area contributed by atoms with Crippen molar-refractivity contribution >= 4 is 22.6 Å². The number of likely N-dealkylation sites (tertiary alicyclic amines) is 1. The van der Waals surface area contributed by atoms with Crippen LogP contribution in [0.5, 0.6) is 0 Å². The number of anilines is 1. The quantitative estimate of drug-likeness (QED) is 0.828. The fourth-order valence-corrected chi connectivity index (χ4v) is 3.76. The van der Waals surface area contributed by atoms with Gasteiger partial charge in [-0.05, 0) is 19.2 Å². The van der Waals surface area contributed by atoms with Gasteiger partial charge in [0.1, 0.15) is 5.82 Å². The lowest BCUT2D eigenvalue weighted by molar-refractivity contribution is -0.0368. The Hall–Kier alpha value is -2.18. The van der Waals surface area contributed by atoms with E-state index in [1.54, 1.807) is 0 Å². The molecule has 2 atom stereocenters. The number of para-hydroxylation sites is 1. The molecule has 0 spiro atoms. The smallest absolute Gasteiger partial charge is 0.254 e. The van der Waals surface area contributed by atoms with E-state index in [2.05, 4.69) is 16.9 Å². The van der Waals surface area contributed by atoms with Crippen LogP contribution < -0.4 is 4.90 Å². The van der Waals surface area contributed by atoms with Gasteiger partial charge in [0, 0.05) is 39.1 Å². The standard InChI is InChI=1S/C19H24N4O2/c1-21(2)18-10-14(13-6-4-5-7-15(13)20-18)19(24)23-11-16-17(12-23)25-9-8-22(16)3/h4-7,10,16-17H,8-9,11-12H2,1-3H3/t16-,17-/m0/s1. The summed E-state index contributed by atoms with van der Waals surface area (Å²) in [5.41, 5.74) is 1.57. The summed E-state index contributed by atoms with van der Waals surface area (Å²) < 4.78 is 5.88. The summed E-state index contributed by atoms with van der Waals surface area (Å²) >= 11 is 0. The van der Waals surface area contributed by atoms with Crippen LogP contribution in [-0.4, -0.2) is 80.2 Å². The Bertz CT molecular complexity index is 807. The first-order valence-corrected chi connectivity index (χ1v) is 8.73. The minimum atomic E-state index is 0.0631. The second kappa shape index (κ2) is 6.28. The third-order valence-corrected chi connectivity index (χ3v) is 5.26. The Morgan fingerprint density at radius 2 is 2.08 bits per heavy atom. The summed E-state index contributed by atoms with van der Waals surface area (Å²) in [7, 11) is 6.00. The number of hydrogen-bond acceptors (Lipinski definition) is 5. The normalized spacial score (nSPS) is 23.7. The number of rotatable bonds is 2. The largest absolute Gasteiger partial charge is 0.373 e. The number of morpholine rings is 1. The van der Waals surface area contributed by atoms with Crippen LogP contribution in [0.3, 0.4) is 0 Å². The number of fused-ring (bicyclic) bond motifs is 2. The number of hydrogen-bond donors (Lipinski definition) is 0. The number of aromatic nitrogens is 1. The maximum absolute atomic E-state index is 13.3. The van der Waals surface area contributed by atoms with Crippen molar-refractivity contribution in [1.82, 2.24) is 14.8 Å². The van der Waals surface area contributed by atoms with Gasteiger partial charge in [0.25, 0.3) is 5.91 Å². The molecule has 3 heterocycles. The first kappa shape index (κ1) is 16.3. The topological polar surface area (TPSA) is 48.9 Å². The van der Waals surface area contributed by atoms with Crippen LogP contribution in [0.25, 0.3) is 10.9 Å². The molecule has 2 fully saturated rings. The lowest BCUT2D eigenvalue weighted by Crippen LogP contribution is -2.48. The maximum atomic E-state index is 13.3. The van der Waals surface area contributed by atoms with Crippen LogP contribution in [0.4, 0.5) is 5.82 Å². The molecule has 132 valence electrons. The second-order valence-corrected chi connectivity index (χ2v) is 7.11. The molecule has 2 aliphatic rings. The molecule has 0 bridgehead atoms. The molecule has 0 radical (unpaired) electrons. The van der Waals surface area contributed by atoms with Gasteiger partial charge in [0.2, 0.25) is 0 Å². The SMILES string of the molecule is CN(C)c1cc(C(=O)N2C[C@@H]3OCCN(C)[C@H]3C2)c2ccccc2n1. The van der Waals surface area contributed by atoms with E-state index in [9.17, 15) is 4.79 Å². The van der Waals surface area contributed by atoms with Crippen molar-refractivity contribution in [2.75, 3.05) is 52.3 Å². The molecule has 2 saturated heterocycles. The first-order valence-electron chi connectivity index (χ1n) is 8.73. The number of amides is 1. The Kier molecular flexibility index (Phi) is 4.09. The molecule has 1 amide bonds. The van der Waals surface area contributed by atoms with Crippen molar-refractivity contribution in [2.45, 2.75) is 12.1 Å².